The van der Waals surface area contributed by atoms with Crippen molar-refractivity contribution in [3.05, 3.63) is 17.2 Å². The predicted octanol–water partition coefficient (Wildman–Crippen LogP) is 1.47. The lowest BCUT2D eigenvalue weighted by Crippen LogP contribution is -2.26. The third kappa shape index (κ3) is 1.58. The second kappa shape index (κ2) is 3.86. The minimum absolute atomic E-state index is 0.00866. The predicted molar refractivity (Wildman–Crippen MR) is 64.9 cm³/mol. The zero-order valence-corrected chi connectivity index (χ0v) is 10.6. The molecule has 1 aliphatic carbocycles. The molecule has 1 aliphatic heterocycles. The maximum Gasteiger partial charge on any atom is 0.245 e. The number of amides is 1. The highest BCUT2D eigenvalue weighted by molar-refractivity contribution is 5.82. The molecule has 2 heterocycles. The molecule has 0 spiro atoms. The first-order chi connectivity index (χ1) is 8.18. The van der Waals surface area contributed by atoms with Gasteiger partial charge in [0, 0.05) is 19.3 Å². The summed E-state index contributed by atoms with van der Waals surface area (Å²) in [6, 6.07) is 0.00866. The van der Waals surface area contributed by atoms with Gasteiger partial charge in [0.2, 0.25) is 5.91 Å². The summed E-state index contributed by atoms with van der Waals surface area (Å²) in [5.74, 6) is 1.27. The standard InChI is InChI=1S/C13H19N3O/c1-9-14-10-5-3-4-6-11(10)16(9)12-7-8-15(2)13(12)17/h12H,3-8H2,1-2H3. The number of hydrogen-bond donors (Lipinski definition) is 0. The number of hydrogen-bond acceptors (Lipinski definition) is 2. The van der Waals surface area contributed by atoms with E-state index in [1.807, 2.05) is 18.9 Å². The first-order valence-electron chi connectivity index (χ1n) is 6.50. The van der Waals surface area contributed by atoms with Crippen LogP contribution < -0.4 is 0 Å². The fourth-order valence-electron chi connectivity index (χ4n) is 3.16. The van der Waals surface area contributed by atoms with Crippen LogP contribution in [0, 0.1) is 6.92 Å². The summed E-state index contributed by atoms with van der Waals surface area (Å²) in [6.45, 7) is 2.90. The van der Waals surface area contributed by atoms with Crippen LogP contribution in [0.3, 0.4) is 0 Å². The van der Waals surface area contributed by atoms with Gasteiger partial charge in [0.15, 0.2) is 0 Å². The molecule has 1 aromatic heterocycles. The summed E-state index contributed by atoms with van der Waals surface area (Å²) in [4.78, 5) is 18.6. The molecule has 1 aromatic rings. The Morgan fingerprint density at radius 1 is 1.29 bits per heavy atom. The Morgan fingerprint density at radius 2 is 2.06 bits per heavy atom. The molecule has 4 heteroatoms. The van der Waals surface area contributed by atoms with Crippen LogP contribution in [-0.4, -0.2) is 34.0 Å². The summed E-state index contributed by atoms with van der Waals surface area (Å²) >= 11 is 0. The third-order valence-corrected chi connectivity index (χ3v) is 4.06. The van der Waals surface area contributed by atoms with E-state index in [1.54, 1.807) is 0 Å². The van der Waals surface area contributed by atoms with Crippen molar-refractivity contribution in [2.75, 3.05) is 13.6 Å². The number of aryl methyl sites for hydroxylation is 2. The molecule has 0 saturated carbocycles. The van der Waals surface area contributed by atoms with E-state index in [-0.39, 0.29) is 11.9 Å². The fraction of sp³-hybridized carbons (Fsp3) is 0.692. The minimum atomic E-state index is 0.00866. The molecule has 1 atom stereocenters. The van der Waals surface area contributed by atoms with Gasteiger partial charge in [-0.05, 0) is 39.0 Å². The van der Waals surface area contributed by atoms with Crippen molar-refractivity contribution < 1.29 is 4.79 Å². The molecule has 0 bridgehead atoms. The number of carbonyl (C=O) groups excluding carboxylic acids is 1. The van der Waals surface area contributed by atoms with Gasteiger partial charge in [0.05, 0.1) is 5.69 Å². The Bertz CT molecular complexity index is 463. The summed E-state index contributed by atoms with van der Waals surface area (Å²) in [7, 11) is 1.89. The van der Waals surface area contributed by atoms with E-state index in [9.17, 15) is 4.79 Å². The van der Waals surface area contributed by atoms with Crippen LogP contribution in [0.25, 0.3) is 0 Å². The average Bonchev–Trinajstić information content (AvgIpc) is 2.80. The summed E-state index contributed by atoms with van der Waals surface area (Å²) in [6.07, 6.45) is 5.57. The highest BCUT2D eigenvalue weighted by Gasteiger charge is 2.34. The number of likely N-dealkylation sites (tertiary alicyclic amines) is 1. The molecule has 0 aromatic carbocycles. The second-order valence-electron chi connectivity index (χ2n) is 5.19. The van der Waals surface area contributed by atoms with E-state index >= 15 is 0 Å². The van der Waals surface area contributed by atoms with Gasteiger partial charge in [-0.2, -0.15) is 0 Å². The molecule has 1 saturated heterocycles. The SMILES string of the molecule is Cc1nc2c(n1C1CCN(C)C1=O)CCCC2. The van der Waals surface area contributed by atoms with Crippen molar-refractivity contribution in [3.8, 4) is 0 Å². The minimum Gasteiger partial charge on any atom is -0.344 e. The number of imidazole rings is 1. The Hall–Kier alpha value is -1.32. The van der Waals surface area contributed by atoms with Gasteiger partial charge < -0.3 is 9.47 Å². The van der Waals surface area contributed by atoms with E-state index in [1.165, 1.54) is 24.2 Å². The molecular formula is C13H19N3O. The van der Waals surface area contributed by atoms with Crippen molar-refractivity contribution >= 4 is 5.91 Å². The first-order valence-corrected chi connectivity index (χ1v) is 6.50. The van der Waals surface area contributed by atoms with Gasteiger partial charge in [0.1, 0.15) is 11.9 Å². The maximum absolute atomic E-state index is 12.1. The summed E-state index contributed by atoms with van der Waals surface area (Å²) in [5.41, 5.74) is 2.55. The van der Waals surface area contributed by atoms with Gasteiger partial charge >= 0.3 is 0 Å². The van der Waals surface area contributed by atoms with E-state index in [0.717, 1.165) is 31.6 Å². The van der Waals surface area contributed by atoms with Crippen molar-refractivity contribution in [1.82, 2.24) is 14.5 Å². The fourth-order valence-corrected chi connectivity index (χ4v) is 3.16. The molecule has 17 heavy (non-hydrogen) atoms. The Balaban J connectivity index is 2.03. The van der Waals surface area contributed by atoms with E-state index in [0.29, 0.717) is 0 Å². The lowest BCUT2D eigenvalue weighted by Gasteiger charge is -2.19. The summed E-state index contributed by atoms with van der Waals surface area (Å²) < 4.78 is 2.21. The molecule has 1 fully saturated rings. The quantitative estimate of drug-likeness (QED) is 0.736. The second-order valence-corrected chi connectivity index (χ2v) is 5.19. The van der Waals surface area contributed by atoms with E-state index in [2.05, 4.69) is 9.55 Å². The van der Waals surface area contributed by atoms with Gasteiger partial charge in [-0.3, -0.25) is 4.79 Å². The molecule has 0 radical (unpaired) electrons. The number of fused-ring (bicyclic) bond motifs is 1. The number of rotatable bonds is 1. The molecule has 2 aliphatic rings. The molecular weight excluding hydrogens is 214 g/mol. The van der Waals surface area contributed by atoms with Crippen LogP contribution in [0.4, 0.5) is 0 Å². The van der Waals surface area contributed by atoms with Gasteiger partial charge in [0.25, 0.3) is 0 Å². The smallest absolute Gasteiger partial charge is 0.245 e. The maximum atomic E-state index is 12.1. The average molecular weight is 233 g/mol. The van der Waals surface area contributed by atoms with Crippen LogP contribution in [0.5, 0.6) is 0 Å². The Labute approximate surface area is 102 Å². The highest BCUT2D eigenvalue weighted by atomic mass is 16.2. The first kappa shape index (κ1) is 10.8. The monoisotopic (exact) mass is 233 g/mol. The number of aromatic nitrogens is 2. The van der Waals surface area contributed by atoms with Crippen molar-refractivity contribution in [1.29, 1.82) is 0 Å². The zero-order chi connectivity index (χ0) is 12.0. The van der Waals surface area contributed by atoms with Crippen molar-refractivity contribution in [2.45, 2.75) is 45.1 Å². The lowest BCUT2D eigenvalue weighted by atomic mass is 10.0. The number of carbonyl (C=O) groups is 1. The van der Waals surface area contributed by atoms with Gasteiger partial charge in [-0.25, -0.2) is 4.98 Å². The van der Waals surface area contributed by atoms with Gasteiger partial charge in [-0.15, -0.1) is 0 Å². The lowest BCUT2D eigenvalue weighted by molar-refractivity contribution is -0.129. The topological polar surface area (TPSA) is 38.1 Å². The summed E-state index contributed by atoms with van der Waals surface area (Å²) in [5, 5.41) is 0. The molecule has 1 amide bonds. The Kier molecular flexibility index (Phi) is 2.45. The van der Waals surface area contributed by atoms with E-state index in [4.69, 9.17) is 0 Å². The zero-order valence-electron chi connectivity index (χ0n) is 10.6. The van der Waals surface area contributed by atoms with E-state index < -0.39 is 0 Å². The number of nitrogens with zero attached hydrogens (tertiary/aromatic N) is 3. The highest BCUT2D eigenvalue weighted by Crippen LogP contribution is 2.30. The van der Waals surface area contributed by atoms with Crippen LogP contribution in [0.15, 0.2) is 0 Å². The van der Waals surface area contributed by atoms with Crippen LogP contribution >= 0.6 is 0 Å². The molecule has 1 unspecified atom stereocenters. The normalized spacial score (nSPS) is 24.2. The molecule has 0 N–H and O–H groups in total. The van der Waals surface area contributed by atoms with Gasteiger partial charge in [-0.1, -0.05) is 0 Å². The Morgan fingerprint density at radius 3 is 2.76 bits per heavy atom. The molecule has 92 valence electrons. The van der Waals surface area contributed by atoms with Crippen LogP contribution in [0.1, 0.15) is 42.5 Å². The largest absolute Gasteiger partial charge is 0.344 e. The number of likely N-dealkylation sites (N-methyl/N-ethyl adjacent to an activating group) is 1. The van der Waals surface area contributed by atoms with Crippen LogP contribution in [-0.2, 0) is 17.6 Å². The van der Waals surface area contributed by atoms with Crippen molar-refractivity contribution in [3.63, 3.8) is 0 Å². The molecule has 3 rings (SSSR count). The van der Waals surface area contributed by atoms with Crippen LogP contribution in [0.2, 0.25) is 0 Å². The molecule has 4 nitrogen and oxygen atoms in total. The van der Waals surface area contributed by atoms with Crippen molar-refractivity contribution in [2.24, 2.45) is 0 Å². The third-order valence-electron chi connectivity index (χ3n) is 4.06.